The number of ether oxygens (including phenoxy) is 1. The monoisotopic (exact) mass is 452 g/mol. The number of aromatic nitrogens is 2. The van der Waals surface area contributed by atoms with Gasteiger partial charge in [-0.2, -0.15) is 0 Å². The molecule has 0 bridgehead atoms. The summed E-state index contributed by atoms with van der Waals surface area (Å²) in [6.07, 6.45) is 1.14. The minimum atomic E-state index is -0.508. The maximum atomic E-state index is 11.7. The first-order chi connectivity index (χ1) is 12.7. The van der Waals surface area contributed by atoms with Gasteiger partial charge in [-0.1, -0.05) is 43.0 Å². The van der Waals surface area contributed by atoms with Crippen molar-refractivity contribution in [2.24, 2.45) is 0 Å². The largest absolute Gasteiger partial charge is 0.420 e. The fourth-order valence-corrected chi connectivity index (χ4v) is 3.27. The summed E-state index contributed by atoms with van der Waals surface area (Å²) >= 11 is 2.13. The molecule has 4 aromatic rings. The Bertz CT molecular complexity index is 1170. The Hall–Kier alpha value is -2.80. The Morgan fingerprint density at radius 1 is 0.923 bits per heavy atom. The number of benzene rings is 2. The molecule has 26 heavy (non-hydrogen) atoms. The highest BCUT2D eigenvalue weighted by Crippen LogP contribution is 2.32. The van der Waals surface area contributed by atoms with E-state index in [9.17, 15) is 4.79 Å². The van der Waals surface area contributed by atoms with Crippen LogP contribution < -0.4 is 4.74 Å². The zero-order valence-corrected chi connectivity index (χ0v) is 15.8. The van der Waals surface area contributed by atoms with E-state index in [1.807, 2.05) is 60.7 Å². The number of para-hydroxylation sites is 1. The number of carbonyl (C=O) groups is 1. The SMILES string of the molecule is C=CC(=O)Oc1c(I)ccc2ccc(-c3ccc4ccccc4n3)nc12. The Balaban J connectivity index is 1.89. The van der Waals surface area contributed by atoms with E-state index in [1.165, 1.54) is 0 Å². The average molecular weight is 452 g/mol. The first-order valence-electron chi connectivity index (χ1n) is 7.95. The standard InChI is InChI=1S/C21H13IN2O2/c1-2-19(25)26-21-15(22)10-7-14-9-12-18(24-20(14)21)17-11-8-13-5-3-4-6-16(13)23-17/h2-12H,1H2. The van der Waals surface area contributed by atoms with Gasteiger partial charge in [-0.25, -0.2) is 14.8 Å². The molecule has 2 aromatic heterocycles. The van der Waals surface area contributed by atoms with Crippen molar-refractivity contribution >= 4 is 50.4 Å². The van der Waals surface area contributed by atoms with Crippen LogP contribution in [0.5, 0.6) is 5.75 Å². The van der Waals surface area contributed by atoms with Crippen LogP contribution in [0.3, 0.4) is 0 Å². The molecule has 2 aromatic carbocycles. The Morgan fingerprint density at radius 2 is 1.62 bits per heavy atom. The lowest BCUT2D eigenvalue weighted by molar-refractivity contribution is -0.128. The summed E-state index contributed by atoms with van der Waals surface area (Å²) in [5.74, 6) is -0.0675. The Morgan fingerprint density at radius 3 is 2.42 bits per heavy atom. The van der Waals surface area contributed by atoms with Gasteiger partial charge in [0.1, 0.15) is 5.52 Å². The van der Waals surface area contributed by atoms with E-state index >= 15 is 0 Å². The van der Waals surface area contributed by atoms with Crippen LogP contribution in [0.15, 0.2) is 73.3 Å². The van der Waals surface area contributed by atoms with E-state index < -0.39 is 5.97 Å². The number of pyridine rings is 2. The Kier molecular flexibility index (Phi) is 4.38. The van der Waals surface area contributed by atoms with E-state index in [1.54, 1.807) is 0 Å². The fraction of sp³-hybridized carbons (Fsp3) is 0. The highest BCUT2D eigenvalue weighted by Gasteiger charge is 2.13. The van der Waals surface area contributed by atoms with E-state index in [4.69, 9.17) is 14.7 Å². The molecular weight excluding hydrogens is 439 g/mol. The number of hydrogen-bond acceptors (Lipinski definition) is 4. The number of hydrogen-bond donors (Lipinski definition) is 0. The lowest BCUT2D eigenvalue weighted by Crippen LogP contribution is -2.05. The molecule has 0 N–H and O–H groups in total. The van der Waals surface area contributed by atoms with E-state index in [2.05, 4.69) is 29.2 Å². The summed E-state index contributed by atoms with van der Waals surface area (Å²) in [5.41, 5.74) is 3.03. The molecule has 0 aliphatic carbocycles. The summed E-state index contributed by atoms with van der Waals surface area (Å²) < 4.78 is 6.23. The van der Waals surface area contributed by atoms with Crippen molar-refractivity contribution in [1.29, 1.82) is 0 Å². The van der Waals surface area contributed by atoms with Crippen LogP contribution in [0.4, 0.5) is 0 Å². The number of nitrogens with zero attached hydrogens (tertiary/aromatic N) is 2. The zero-order valence-electron chi connectivity index (χ0n) is 13.6. The Labute approximate surface area is 163 Å². The lowest BCUT2D eigenvalue weighted by Gasteiger charge is -2.10. The van der Waals surface area contributed by atoms with Crippen LogP contribution in [0, 0.1) is 3.57 Å². The normalized spacial score (nSPS) is 10.8. The second kappa shape index (κ2) is 6.84. The second-order valence-electron chi connectivity index (χ2n) is 5.66. The van der Waals surface area contributed by atoms with Gasteiger partial charge in [0.25, 0.3) is 0 Å². The smallest absolute Gasteiger partial charge is 0.335 e. The van der Waals surface area contributed by atoms with Crippen molar-refractivity contribution in [3.63, 3.8) is 0 Å². The van der Waals surface area contributed by atoms with E-state index in [0.29, 0.717) is 11.3 Å². The van der Waals surface area contributed by atoms with Crippen molar-refractivity contribution in [2.75, 3.05) is 0 Å². The van der Waals surface area contributed by atoms with Crippen molar-refractivity contribution in [2.45, 2.75) is 0 Å². The highest BCUT2D eigenvalue weighted by molar-refractivity contribution is 14.1. The summed E-state index contributed by atoms with van der Waals surface area (Å²) in [5, 5.41) is 1.97. The minimum Gasteiger partial charge on any atom is -0.420 e. The average Bonchev–Trinajstić information content (AvgIpc) is 2.69. The molecule has 0 saturated heterocycles. The number of rotatable bonds is 3. The molecule has 0 atom stereocenters. The first kappa shape index (κ1) is 16.7. The molecule has 0 amide bonds. The first-order valence-corrected chi connectivity index (χ1v) is 9.03. The molecule has 5 heteroatoms. The molecule has 0 aliphatic heterocycles. The highest BCUT2D eigenvalue weighted by atomic mass is 127. The molecule has 0 unspecified atom stereocenters. The number of carbonyl (C=O) groups excluding carboxylic acids is 1. The van der Waals surface area contributed by atoms with Gasteiger partial charge < -0.3 is 4.74 Å². The van der Waals surface area contributed by atoms with Crippen molar-refractivity contribution in [3.8, 4) is 17.1 Å². The molecule has 0 spiro atoms. The van der Waals surface area contributed by atoms with Gasteiger partial charge >= 0.3 is 5.97 Å². The number of esters is 1. The molecular formula is C21H13IN2O2. The molecule has 4 nitrogen and oxygen atoms in total. The maximum absolute atomic E-state index is 11.7. The maximum Gasteiger partial charge on any atom is 0.335 e. The quantitative estimate of drug-likeness (QED) is 0.187. The van der Waals surface area contributed by atoms with Gasteiger partial charge in [-0.15, -0.1) is 0 Å². The third-order valence-electron chi connectivity index (χ3n) is 4.00. The van der Waals surface area contributed by atoms with Crippen molar-refractivity contribution < 1.29 is 9.53 Å². The van der Waals surface area contributed by atoms with Crippen molar-refractivity contribution in [1.82, 2.24) is 9.97 Å². The van der Waals surface area contributed by atoms with Gasteiger partial charge in [-0.05, 0) is 46.9 Å². The van der Waals surface area contributed by atoms with Crippen LogP contribution in [0.1, 0.15) is 0 Å². The van der Waals surface area contributed by atoms with Gasteiger partial charge in [0, 0.05) is 16.8 Å². The van der Waals surface area contributed by atoms with Gasteiger partial charge in [0.2, 0.25) is 0 Å². The van der Waals surface area contributed by atoms with Crippen molar-refractivity contribution in [3.05, 3.63) is 76.9 Å². The molecule has 126 valence electrons. The number of halogens is 1. The van der Waals surface area contributed by atoms with Crippen LogP contribution in [-0.4, -0.2) is 15.9 Å². The second-order valence-corrected chi connectivity index (χ2v) is 6.82. The van der Waals surface area contributed by atoms with E-state index in [-0.39, 0.29) is 0 Å². The number of fused-ring (bicyclic) bond motifs is 2. The van der Waals surface area contributed by atoms with Crippen LogP contribution in [0.25, 0.3) is 33.2 Å². The van der Waals surface area contributed by atoms with Gasteiger partial charge in [0.05, 0.1) is 20.5 Å². The molecule has 0 aliphatic rings. The summed E-state index contributed by atoms with van der Waals surface area (Å²) in [6.45, 7) is 3.45. The molecule has 0 radical (unpaired) electrons. The van der Waals surface area contributed by atoms with Gasteiger partial charge in [-0.3, -0.25) is 0 Å². The fourth-order valence-electron chi connectivity index (χ4n) is 2.73. The molecule has 2 heterocycles. The van der Waals surface area contributed by atoms with Crippen LogP contribution in [-0.2, 0) is 4.79 Å². The topological polar surface area (TPSA) is 52.1 Å². The third-order valence-corrected chi connectivity index (χ3v) is 4.85. The lowest BCUT2D eigenvalue weighted by atomic mass is 10.1. The molecule has 0 fully saturated rings. The third kappa shape index (κ3) is 3.06. The zero-order chi connectivity index (χ0) is 18.1. The van der Waals surface area contributed by atoms with Crippen LogP contribution >= 0.6 is 22.6 Å². The predicted octanol–water partition coefficient (Wildman–Crippen LogP) is 5.15. The molecule has 0 saturated carbocycles. The predicted molar refractivity (Wildman–Crippen MR) is 111 cm³/mol. The van der Waals surface area contributed by atoms with E-state index in [0.717, 1.165) is 37.3 Å². The van der Waals surface area contributed by atoms with Gasteiger partial charge in [0.15, 0.2) is 5.75 Å². The summed E-state index contributed by atoms with van der Waals surface area (Å²) in [4.78, 5) is 21.1. The summed E-state index contributed by atoms with van der Waals surface area (Å²) in [7, 11) is 0. The van der Waals surface area contributed by atoms with Crippen LogP contribution in [0.2, 0.25) is 0 Å². The molecule has 4 rings (SSSR count). The minimum absolute atomic E-state index is 0.440. The summed E-state index contributed by atoms with van der Waals surface area (Å²) in [6, 6.07) is 19.6.